The highest BCUT2D eigenvalue weighted by molar-refractivity contribution is 7.80. The molecule has 0 spiro atoms. The average molecular weight is 178 g/mol. The highest BCUT2D eigenvalue weighted by atomic mass is 32.1. The Morgan fingerprint density at radius 3 is 2.50 bits per heavy atom. The van der Waals surface area contributed by atoms with E-state index in [-0.39, 0.29) is 0 Å². The van der Waals surface area contributed by atoms with Crippen molar-refractivity contribution in [3.63, 3.8) is 0 Å². The number of benzene rings is 1. The number of hydrogen-bond acceptors (Lipinski definition) is 4. The summed E-state index contributed by atoms with van der Waals surface area (Å²) in [4.78, 5) is 0.922. The summed E-state index contributed by atoms with van der Waals surface area (Å²) in [5.74, 6) is 0.670. The fourth-order valence-electron chi connectivity index (χ4n) is 0.920. The zero-order chi connectivity index (χ0) is 8.39. The third-order valence-corrected chi connectivity index (χ3v) is 1.81. The third kappa shape index (κ3) is 1.33. The van der Waals surface area contributed by atoms with Crippen LogP contribution in [0.25, 0.3) is 11.3 Å². The van der Waals surface area contributed by atoms with Gasteiger partial charge in [-0.1, -0.05) is 0 Å². The predicted molar refractivity (Wildman–Crippen MR) is 47.0 cm³/mol. The van der Waals surface area contributed by atoms with Gasteiger partial charge in [-0.25, -0.2) is 0 Å². The molecular weight excluding hydrogens is 172 g/mol. The van der Waals surface area contributed by atoms with Crippen LogP contribution in [0.4, 0.5) is 0 Å². The molecule has 0 aliphatic carbocycles. The van der Waals surface area contributed by atoms with Gasteiger partial charge in [-0.2, -0.15) is 0 Å². The minimum Gasteiger partial charge on any atom is -0.337 e. The lowest BCUT2D eigenvalue weighted by molar-refractivity contribution is 0.403. The first kappa shape index (κ1) is 7.36. The number of rotatable bonds is 1. The van der Waals surface area contributed by atoms with Crippen LogP contribution in [0.3, 0.4) is 0 Å². The lowest BCUT2D eigenvalue weighted by Gasteiger charge is -1.93. The van der Waals surface area contributed by atoms with E-state index < -0.39 is 0 Å². The van der Waals surface area contributed by atoms with E-state index in [2.05, 4.69) is 23.0 Å². The van der Waals surface area contributed by atoms with Crippen molar-refractivity contribution >= 4 is 12.6 Å². The summed E-state index contributed by atoms with van der Waals surface area (Å²) in [5, 5.41) is 6.96. The van der Waals surface area contributed by atoms with Gasteiger partial charge in [0.2, 0.25) is 0 Å². The topological polar surface area (TPSA) is 38.9 Å². The van der Waals surface area contributed by atoms with Gasteiger partial charge in [0.1, 0.15) is 0 Å². The zero-order valence-corrected chi connectivity index (χ0v) is 7.03. The average Bonchev–Trinajstić information content (AvgIpc) is 2.58. The Balaban J connectivity index is 2.43. The highest BCUT2D eigenvalue weighted by Crippen LogP contribution is 2.18. The Morgan fingerprint density at radius 1 is 1.17 bits per heavy atom. The van der Waals surface area contributed by atoms with Crippen molar-refractivity contribution in [1.29, 1.82) is 0 Å². The molecule has 1 aromatic carbocycles. The standard InChI is InChI=1S/C8H6N2OS/c12-7-3-1-6(2-4-7)8-5-9-10-11-8/h1-5,12H. The molecule has 0 saturated carbocycles. The molecular formula is C8H6N2OS. The summed E-state index contributed by atoms with van der Waals surface area (Å²) >= 11 is 4.17. The van der Waals surface area contributed by atoms with Crippen molar-refractivity contribution in [3.8, 4) is 11.3 Å². The number of nitrogens with zero attached hydrogens (tertiary/aromatic N) is 2. The Kier molecular flexibility index (Phi) is 1.83. The SMILES string of the molecule is Sc1ccc(-c2cnno2)cc1. The number of thiol groups is 1. The van der Waals surface area contributed by atoms with Crippen LogP contribution in [-0.2, 0) is 0 Å². The van der Waals surface area contributed by atoms with Crippen LogP contribution in [-0.4, -0.2) is 10.4 Å². The van der Waals surface area contributed by atoms with E-state index in [9.17, 15) is 0 Å². The van der Waals surface area contributed by atoms with Crippen molar-refractivity contribution in [3.05, 3.63) is 30.5 Å². The summed E-state index contributed by atoms with van der Waals surface area (Å²) in [6.07, 6.45) is 1.58. The normalized spacial score (nSPS) is 10.1. The number of aromatic nitrogens is 2. The van der Waals surface area contributed by atoms with Gasteiger partial charge in [-0.15, -0.1) is 17.7 Å². The second kappa shape index (κ2) is 2.98. The van der Waals surface area contributed by atoms with Crippen LogP contribution < -0.4 is 0 Å². The summed E-state index contributed by atoms with van der Waals surface area (Å²) in [7, 11) is 0. The minimum absolute atomic E-state index is 0.670. The summed E-state index contributed by atoms with van der Waals surface area (Å²) in [6, 6.07) is 7.59. The van der Waals surface area contributed by atoms with Crippen LogP contribution in [0.5, 0.6) is 0 Å². The Morgan fingerprint density at radius 2 is 1.92 bits per heavy atom. The van der Waals surface area contributed by atoms with Crippen LogP contribution in [0.2, 0.25) is 0 Å². The van der Waals surface area contributed by atoms with Crippen molar-refractivity contribution in [2.75, 3.05) is 0 Å². The van der Waals surface area contributed by atoms with E-state index in [0.717, 1.165) is 10.5 Å². The van der Waals surface area contributed by atoms with Crippen molar-refractivity contribution < 1.29 is 4.52 Å². The van der Waals surface area contributed by atoms with E-state index in [1.807, 2.05) is 24.3 Å². The summed E-state index contributed by atoms with van der Waals surface area (Å²) in [6.45, 7) is 0. The van der Waals surface area contributed by atoms with Gasteiger partial charge in [0, 0.05) is 15.7 Å². The predicted octanol–water partition coefficient (Wildman–Crippen LogP) is 2.03. The van der Waals surface area contributed by atoms with Crippen LogP contribution in [0.1, 0.15) is 0 Å². The summed E-state index contributed by atoms with van der Waals surface area (Å²) in [5.41, 5.74) is 0.956. The van der Waals surface area contributed by atoms with Gasteiger partial charge in [0.05, 0.1) is 6.20 Å². The lowest BCUT2D eigenvalue weighted by Crippen LogP contribution is -1.72. The monoisotopic (exact) mass is 178 g/mol. The molecule has 1 aromatic heterocycles. The van der Waals surface area contributed by atoms with E-state index >= 15 is 0 Å². The van der Waals surface area contributed by atoms with Gasteiger partial charge in [0.25, 0.3) is 0 Å². The highest BCUT2D eigenvalue weighted by Gasteiger charge is 2.00. The largest absolute Gasteiger partial charge is 0.337 e. The molecule has 60 valence electrons. The second-order valence-electron chi connectivity index (χ2n) is 2.33. The molecule has 0 radical (unpaired) electrons. The summed E-state index contributed by atoms with van der Waals surface area (Å²) < 4.78 is 4.87. The zero-order valence-electron chi connectivity index (χ0n) is 6.14. The van der Waals surface area contributed by atoms with Gasteiger partial charge >= 0.3 is 0 Å². The van der Waals surface area contributed by atoms with Crippen LogP contribution in [0, 0.1) is 0 Å². The fraction of sp³-hybridized carbons (Fsp3) is 0. The minimum atomic E-state index is 0.670. The molecule has 4 heteroatoms. The first-order valence-electron chi connectivity index (χ1n) is 3.43. The maximum atomic E-state index is 4.87. The Bertz CT molecular complexity index is 355. The Labute approximate surface area is 74.8 Å². The quantitative estimate of drug-likeness (QED) is 0.679. The fourth-order valence-corrected chi connectivity index (χ4v) is 1.07. The molecule has 0 unspecified atom stereocenters. The van der Waals surface area contributed by atoms with Gasteiger partial charge in [0.15, 0.2) is 5.76 Å². The number of hydrogen-bond donors (Lipinski definition) is 1. The van der Waals surface area contributed by atoms with Crippen LogP contribution in [0.15, 0.2) is 39.9 Å². The molecule has 1 heterocycles. The van der Waals surface area contributed by atoms with Crippen molar-refractivity contribution in [2.24, 2.45) is 0 Å². The maximum Gasteiger partial charge on any atom is 0.187 e. The van der Waals surface area contributed by atoms with Crippen molar-refractivity contribution in [2.45, 2.75) is 4.90 Å². The first-order valence-corrected chi connectivity index (χ1v) is 3.88. The Hall–Kier alpha value is -1.29. The van der Waals surface area contributed by atoms with E-state index in [4.69, 9.17) is 4.52 Å². The third-order valence-electron chi connectivity index (χ3n) is 1.51. The first-order chi connectivity index (χ1) is 5.86. The lowest BCUT2D eigenvalue weighted by atomic mass is 10.2. The molecule has 3 nitrogen and oxygen atoms in total. The van der Waals surface area contributed by atoms with Gasteiger partial charge < -0.3 is 4.52 Å². The van der Waals surface area contributed by atoms with E-state index in [1.165, 1.54) is 0 Å². The molecule has 2 aromatic rings. The van der Waals surface area contributed by atoms with Crippen molar-refractivity contribution in [1.82, 2.24) is 10.4 Å². The molecule has 0 bridgehead atoms. The molecule has 2 rings (SSSR count). The van der Waals surface area contributed by atoms with Gasteiger partial charge in [-0.05, 0) is 24.3 Å². The smallest absolute Gasteiger partial charge is 0.187 e. The van der Waals surface area contributed by atoms with Gasteiger partial charge in [-0.3, -0.25) is 0 Å². The molecule has 0 aliphatic heterocycles. The molecule has 0 fully saturated rings. The second-order valence-corrected chi connectivity index (χ2v) is 2.85. The van der Waals surface area contributed by atoms with E-state index in [1.54, 1.807) is 6.20 Å². The molecule has 0 saturated heterocycles. The molecule has 12 heavy (non-hydrogen) atoms. The van der Waals surface area contributed by atoms with Crippen LogP contribution >= 0.6 is 12.6 Å². The molecule has 0 amide bonds. The maximum absolute atomic E-state index is 4.87. The molecule has 0 aliphatic rings. The molecule has 0 atom stereocenters. The van der Waals surface area contributed by atoms with E-state index in [0.29, 0.717) is 5.76 Å². The molecule has 0 N–H and O–H groups in total.